The Morgan fingerprint density at radius 2 is 2.12 bits per heavy atom. The topological polar surface area (TPSA) is 91.0 Å². The molecule has 2 heterocycles. The number of nitro groups is 1. The van der Waals surface area contributed by atoms with Crippen molar-refractivity contribution in [3.8, 4) is 5.88 Å². The van der Waals surface area contributed by atoms with E-state index in [4.69, 9.17) is 4.74 Å². The summed E-state index contributed by atoms with van der Waals surface area (Å²) in [5.74, 6) is 0.307. The van der Waals surface area contributed by atoms with Crippen molar-refractivity contribution in [1.29, 1.82) is 0 Å². The molecule has 0 fully saturated rings. The van der Waals surface area contributed by atoms with E-state index in [1.165, 1.54) is 12.1 Å². The first-order chi connectivity index (χ1) is 8.25. The fourth-order valence-corrected chi connectivity index (χ4v) is 1.12. The maximum Gasteiger partial charge on any atom is 0.287 e. The lowest BCUT2D eigenvalue weighted by atomic mass is 10.4. The second-order valence-electron chi connectivity index (χ2n) is 3.10. The highest BCUT2D eigenvalue weighted by molar-refractivity contribution is 5.28. The van der Waals surface area contributed by atoms with Gasteiger partial charge in [-0.2, -0.15) is 0 Å². The molecule has 0 saturated carbocycles. The summed E-state index contributed by atoms with van der Waals surface area (Å²) in [7, 11) is 0. The standard InChI is InChI=1S/C10H8N4O3/c15-14(16)9-1-2-10(13-6-9)17-7-8-5-11-3-4-12-8/h1-6H,7H2. The number of nitrogens with zero attached hydrogens (tertiary/aromatic N) is 4. The van der Waals surface area contributed by atoms with Crippen molar-refractivity contribution < 1.29 is 9.66 Å². The molecule has 7 nitrogen and oxygen atoms in total. The molecule has 0 aliphatic rings. The summed E-state index contributed by atoms with van der Waals surface area (Å²) in [6.45, 7) is 0.221. The van der Waals surface area contributed by atoms with E-state index in [1.54, 1.807) is 18.6 Å². The fourth-order valence-electron chi connectivity index (χ4n) is 1.12. The van der Waals surface area contributed by atoms with Crippen LogP contribution in [0.3, 0.4) is 0 Å². The smallest absolute Gasteiger partial charge is 0.287 e. The predicted molar refractivity (Wildman–Crippen MR) is 57.3 cm³/mol. The van der Waals surface area contributed by atoms with Gasteiger partial charge >= 0.3 is 0 Å². The van der Waals surface area contributed by atoms with Crippen molar-refractivity contribution in [1.82, 2.24) is 15.0 Å². The molecular formula is C10H8N4O3. The van der Waals surface area contributed by atoms with Crippen LogP contribution in [0.4, 0.5) is 5.69 Å². The SMILES string of the molecule is O=[N+]([O-])c1ccc(OCc2cnccn2)nc1. The van der Waals surface area contributed by atoms with Gasteiger partial charge in [0.15, 0.2) is 0 Å². The lowest BCUT2D eigenvalue weighted by molar-refractivity contribution is -0.385. The van der Waals surface area contributed by atoms with E-state index >= 15 is 0 Å². The largest absolute Gasteiger partial charge is 0.471 e. The summed E-state index contributed by atoms with van der Waals surface area (Å²) in [5.41, 5.74) is 0.588. The lowest BCUT2D eigenvalue weighted by Gasteiger charge is -2.03. The minimum Gasteiger partial charge on any atom is -0.471 e. The third kappa shape index (κ3) is 2.94. The van der Waals surface area contributed by atoms with E-state index in [9.17, 15) is 10.1 Å². The van der Waals surface area contributed by atoms with Crippen LogP contribution in [0.5, 0.6) is 5.88 Å². The van der Waals surface area contributed by atoms with Crippen molar-refractivity contribution in [2.24, 2.45) is 0 Å². The zero-order valence-electron chi connectivity index (χ0n) is 8.68. The van der Waals surface area contributed by atoms with Crippen molar-refractivity contribution in [3.63, 3.8) is 0 Å². The maximum absolute atomic E-state index is 10.4. The zero-order valence-corrected chi connectivity index (χ0v) is 8.68. The molecule has 0 aliphatic carbocycles. The van der Waals surface area contributed by atoms with Crippen LogP contribution in [-0.2, 0) is 6.61 Å². The van der Waals surface area contributed by atoms with Gasteiger partial charge in [-0.25, -0.2) is 4.98 Å². The van der Waals surface area contributed by atoms with Gasteiger partial charge in [0.05, 0.1) is 16.8 Å². The van der Waals surface area contributed by atoms with Gasteiger partial charge in [0, 0.05) is 24.5 Å². The van der Waals surface area contributed by atoms with E-state index in [2.05, 4.69) is 15.0 Å². The monoisotopic (exact) mass is 232 g/mol. The molecule has 0 spiro atoms. The highest BCUT2D eigenvalue weighted by Gasteiger charge is 2.05. The molecule has 2 aromatic heterocycles. The second-order valence-corrected chi connectivity index (χ2v) is 3.10. The highest BCUT2D eigenvalue weighted by Crippen LogP contribution is 2.14. The molecule has 0 saturated heterocycles. The normalized spacial score (nSPS) is 9.88. The zero-order chi connectivity index (χ0) is 12.1. The number of aromatic nitrogens is 3. The Labute approximate surface area is 96.3 Å². The van der Waals surface area contributed by atoms with Gasteiger partial charge in [-0.3, -0.25) is 20.1 Å². The number of hydrogen-bond donors (Lipinski definition) is 0. The minimum absolute atomic E-state index is 0.0724. The van der Waals surface area contributed by atoms with E-state index in [0.717, 1.165) is 6.20 Å². The van der Waals surface area contributed by atoms with Crippen LogP contribution in [0.25, 0.3) is 0 Å². The van der Waals surface area contributed by atoms with Crippen LogP contribution in [0.1, 0.15) is 5.69 Å². The Kier molecular flexibility index (Phi) is 3.20. The van der Waals surface area contributed by atoms with Crippen molar-refractivity contribution in [2.75, 3.05) is 0 Å². The summed E-state index contributed by atoms with van der Waals surface area (Å²) < 4.78 is 5.29. The molecule has 2 rings (SSSR count). The molecule has 0 N–H and O–H groups in total. The van der Waals surface area contributed by atoms with Crippen LogP contribution < -0.4 is 4.74 Å². The van der Waals surface area contributed by atoms with Crippen LogP contribution in [0, 0.1) is 10.1 Å². The first-order valence-electron chi connectivity index (χ1n) is 4.74. The molecular weight excluding hydrogens is 224 g/mol. The van der Waals surface area contributed by atoms with Crippen LogP contribution >= 0.6 is 0 Å². The summed E-state index contributed by atoms with van der Waals surface area (Å²) in [6, 6.07) is 2.77. The molecule has 0 aliphatic heterocycles. The third-order valence-electron chi connectivity index (χ3n) is 1.92. The minimum atomic E-state index is -0.514. The molecule has 7 heteroatoms. The quantitative estimate of drug-likeness (QED) is 0.583. The van der Waals surface area contributed by atoms with Gasteiger partial charge in [0.25, 0.3) is 5.69 Å². The van der Waals surface area contributed by atoms with Crippen LogP contribution in [-0.4, -0.2) is 19.9 Å². The first-order valence-corrected chi connectivity index (χ1v) is 4.74. The van der Waals surface area contributed by atoms with E-state index in [1.807, 2.05) is 0 Å². The van der Waals surface area contributed by atoms with Gasteiger partial charge in [-0.1, -0.05) is 0 Å². The summed E-state index contributed by atoms with van der Waals surface area (Å²) in [4.78, 5) is 21.6. The number of hydrogen-bond acceptors (Lipinski definition) is 6. The van der Waals surface area contributed by atoms with Crippen LogP contribution in [0.15, 0.2) is 36.9 Å². The molecule has 0 bridgehead atoms. The Balaban J connectivity index is 1.98. The first kappa shape index (κ1) is 10.9. The molecule has 2 aromatic rings. The number of ether oxygens (including phenoxy) is 1. The molecule has 0 radical (unpaired) electrons. The molecule has 86 valence electrons. The Morgan fingerprint density at radius 3 is 2.71 bits per heavy atom. The Morgan fingerprint density at radius 1 is 1.24 bits per heavy atom. The molecule has 0 aromatic carbocycles. The van der Waals surface area contributed by atoms with E-state index in [-0.39, 0.29) is 12.3 Å². The Bertz CT molecular complexity index is 501. The lowest BCUT2D eigenvalue weighted by Crippen LogP contribution is -2.00. The average Bonchev–Trinajstić information content (AvgIpc) is 2.38. The van der Waals surface area contributed by atoms with Gasteiger partial charge in [-0.15, -0.1) is 0 Å². The number of pyridine rings is 1. The van der Waals surface area contributed by atoms with E-state index < -0.39 is 4.92 Å². The van der Waals surface area contributed by atoms with Gasteiger partial charge in [-0.05, 0) is 0 Å². The summed E-state index contributed by atoms with van der Waals surface area (Å²) in [5, 5.41) is 10.4. The van der Waals surface area contributed by atoms with Gasteiger partial charge < -0.3 is 4.74 Å². The van der Waals surface area contributed by atoms with Crippen molar-refractivity contribution in [3.05, 3.63) is 52.7 Å². The van der Waals surface area contributed by atoms with E-state index in [0.29, 0.717) is 11.6 Å². The number of rotatable bonds is 4. The second kappa shape index (κ2) is 4.97. The maximum atomic E-state index is 10.4. The Hall–Kier alpha value is -2.57. The predicted octanol–water partition coefficient (Wildman–Crippen LogP) is 1.36. The summed E-state index contributed by atoms with van der Waals surface area (Å²) >= 11 is 0. The van der Waals surface area contributed by atoms with Gasteiger partial charge in [0.1, 0.15) is 12.8 Å². The third-order valence-corrected chi connectivity index (χ3v) is 1.92. The van der Waals surface area contributed by atoms with Crippen molar-refractivity contribution in [2.45, 2.75) is 6.61 Å². The fraction of sp³-hybridized carbons (Fsp3) is 0.100. The summed E-state index contributed by atoms with van der Waals surface area (Å²) in [6.07, 6.45) is 5.84. The van der Waals surface area contributed by atoms with Crippen molar-refractivity contribution >= 4 is 5.69 Å². The highest BCUT2D eigenvalue weighted by atomic mass is 16.6. The van der Waals surface area contributed by atoms with Gasteiger partial charge in [0.2, 0.25) is 5.88 Å². The molecule has 0 atom stereocenters. The molecule has 0 amide bonds. The average molecular weight is 232 g/mol. The molecule has 17 heavy (non-hydrogen) atoms. The van der Waals surface area contributed by atoms with Crippen LogP contribution in [0.2, 0.25) is 0 Å². The molecule has 0 unspecified atom stereocenters.